The SMILES string of the molecule is CC(=O)NCCNC(=O)c1cc(CN2CCC(Cc3ccccc3)CC2)on1. The zero-order chi connectivity index (χ0) is 19.8. The molecule has 0 radical (unpaired) electrons. The van der Waals surface area contributed by atoms with E-state index in [1.165, 1.54) is 25.3 Å². The zero-order valence-corrected chi connectivity index (χ0v) is 16.3. The van der Waals surface area contributed by atoms with Crippen LogP contribution < -0.4 is 10.6 Å². The Morgan fingerprint density at radius 2 is 1.86 bits per heavy atom. The number of nitrogens with zero attached hydrogens (tertiary/aromatic N) is 2. The topological polar surface area (TPSA) is 87.5 Å². The first-order valence-electron chi connectivity index (χ1n) is 9.84. The summed E-state index contributed by atoms with van der Waals surface area (Å²) < 4.78 is 5.33. The molecule has 1 aliphatic rings. The predicted octanol–water partition coefficient (Wildman–Crippen LogP) is 2.00. The standard InChI is InChI=1S/C21H28N4O3/c1-16(26)22-9-10-23-21(27)20-14-19(28-24-20)15-25-11-7-18(8-12-25)13-17-5-3-2-4-6-17/h2-6,14,18H,7-13,15H2,1H3,(H,22,26)(H,23,27). The molecule has 0 spiro atoms. The number of benzene rings is 1. The van der Waals surface area contributed by atoms with Crippen molar-refractivity contribution < 1.29 is 14.1 Å². The van der Waals surface area contributed by atoms with E-state index in [1.54, 1.807) is 6.07 Å². The minimum atomic E-state index is -0.290. The van der Waals surface area contributed by atoms with E-state index in [0.717, 1.165) is 25.4 Å². The zero-order valence-electron chi connectivity index (χ0n) is 16.3. The number of piperidine rings is 1. The molecule has 1 aromatic carbocycles. The van der Waals surface area contributed by atoms with Gasteiger partial charge in [0.1, 0.15) is 0 Å². The third-order valence-electron chi connectivity index (χ3n) is 5.03. The molecule has 2 N–H and O–H groups in total. The van der Waals surface area contributed by atoms with E-state index in [0.29, 0.717) is 25.4 Å². The number of likely N-dealkylation sites (tertiary alicyclic amines) is 1. The number of rotatable bonds is 8. The fourth-order valence-corrected chi connectivity index (χ4v) is 3.52. The van der Waals surface area contributed by atoms with Crippen molar-refractivity contribution >= 4 is 11.8 Å². The second kappa shape index (κ2) is 10.0. The number of hydrogen-bond donors (Lipinski definition) is 2. The molecule has 3 rings (SSSR count). The van der Waals surface area contributed by atoms with Gasteiger partial charge in [0.15, 0.2) is 11.5 Å². The number of carbonyl (C=O) groups is 2. The Labute approximate surface area is 165 Å². The highest BCUT2D eigenvalue weighted by Gasteiger charge is 2.21. The van der Waals surface area contributed by atoms with Gasteiger partial charge >= 0.3 is 0 Å². The number of carbonyl (C=O) groups excluding carboxylic acids is 2. The van der Waals surface area contributed by atoms with Gasteiger partial charge in [0.2, 0.25) is 5.91 Å². The predicted molar refractivity (Wildman–Crippen MR) is 106 cm³/mol. The fraction of sp³-hybridized carbons (Fsp3) is 0.476. The summed E-state index contributed by atoms with van der Waals surface area (Å²) in [6, 6.07) is 12.3. The van der Waals surface area contributed by atoms with Gasteiger partial charge in [-0.3, -0.25) is 14.5 Å². The lowest BCUT2D eigenvalue weighted by Gasteiger charge is -2.31. The highest BCUT2D eigenvalue weighted by atomic mass is 16.5. The summed E-state index contributed by atoms with van der Waals surface area (Å²) in [5, 5.41) is 9.20. The van der Waals surface area contributed by atoms with Crippen LogP contribution in [0.25, 0.3) is 0 Å². The molecular formula is C21H28N4O3. The van der Waals surface area contributed by atoms with Gasteiger partial charge in [0.25, 0.3) is 5.91 Å². The molecule has 0 atom stereocenters. The number of aromatic nitrogens is 1. The quantitative estimate of drug-likeness (QED) is 0.680. The highest BCUT2D eigenvalue weighted by molar-refractivity contribution is 5.92. The van der Waals surface area contributed by atoms with Crippen LogP contribution in [0, 0.1) is 5.92 Å². The Morgan fingerprint density at radius 1 is 1.14 bits per heavy atom. The second-order valence-electron chi connectivity index (χ2n) is 7.33. The molecule has 1 saturated heterocycles. The molecule has 2 heterocycles. The number of hydrogen-bond acceptors (Lipinski definition) is 5. The van der Waals surface area contributed by atoms with Crippen LogP contribution in [-0.2, 0) is 17.8 Å². The van der Waals surface area contributed by atoms with E-state index < -0.39 is 0 Å². The van der Waals surface area contributed by atoms with Crippen LogP contribution in [0.1, 0.15) is 41.6 Å². The molecule has 7 heteroatoms. The van der Waals surface area contributed by atoms with Crippen LogP contribution in [0.2, 0.25) is 0 Å². The molecule has 28 heavy (non-hydrogen) atoms. The minimum Gasteiger partial charge on any atom is -0.359 e. The van der Waals surface area contributed by atoms with Gasteiger partial charge in [0.05, 0.1) is 6.54 Å². The van der Waals surface area contributed by atoms with Crippen LogP contribution in [0.5, 0.6) is 0 Å². The van der Waals surface area contributed by atoms with Crippen LogP contribution in [0.3, 0.4) is 0 Å². The summed E-state index contributed by atoms with van der Waals surface area (Å²) in [6.45, 7) is 4.91. The molecule has 0 unspecified atom stereocenters. The molecule has 2 aromatic rings. The Balaban J connectivity index is 1.39. The summed E-state index contributed by atoms with van der Waals surface area (Å²) in [4.78, 5) is 25.2. The first-order chi connectivity index (χ1) is 13.6. The summed E-state index contributed by atoms with van der Waals surface area (Å²) in [5.41, 5.74) is 1.68. The smallest absolute Gasteiger partial charge is 0.273 e. The van der Waals surface area contributed by atoms with Crippen LogP contribution >= 0.6 is 0 Å². The van der Waals surface area contributed by atoms with E-state index in [1.807, 2.05) is 0 Å². The monoisotopic (exact) mass is 384 g/mol. The Hall–Kier alpha value is -2.67. The van der Waals surface area contributed by atoms with Crippen LogP contribution in [-0.4, -0.2) is 48.0 Å². The lowest BCUT2D eigenvalue weighted by molar-refractivity contribution is -0.118. The third-order valence-corrected chi connectivity index (χ3v) is 5.03. The van der Waals surface area contributed by atoms with Crippen molar-refractivity contribution in [1.82, 2.24) is 20.7 Å². The second-order valence-corrected chi connectivity index (χ2v) is 7.33. The first-order valence-corrected chi connectivity index (χ1v) is 9.84. The molecule has 1 aromatic heterocycles. The molecule has 0 saturated carbocycles. The van der Waals surface area contributed by atoms with Gasteiger partial charge in [-0.25, -0.2) is 0 Å². The van der Waals surface area contributed by atoms with Crippen molar-refractivity contribution in [1.29, 1.82) is 0 Å². The Morgan fingerprint density at radius 3 is 2.57 bits per heavy atom. The maximum Gasteiger partial charge on any atom is 0.273 e. The van der Waals surface area contributed by atoms with Gasteiger partial charge in [-0.05, 0) is 43.8 Å². The Bertz CT molecular complexity index is 767. The summed E-state index contributed by atoms with van der Waals surface area (Å²) >= 11 is 0. The van der Waals surface area contributed by atoms with Gasteiger partial charge in [-0.2, -0.15) is 0 Å². The van der Waals surface area contributed by atoms with Gasteiger partial charge in [0, 0.05) is 26.1 Å². The van der Waals surface area contributed by atoms with Crippen molar-refractivity contribution in [2.45, 2.75) is 32.7 Å². The molecule has 7 nitrogen and oxygen atoms in total. The van der Waals surface area contributed by atoms with E-state index in [9.17, 15) is 9.59 Å². The van der Waals surface area contributed by atoms with Gasteiger partial charge in [-0.1, -0.05) is 35.5 Å². The van der Waals surface area contributed by atoms with E-state index in [4.69, 9.17) is 4.52 Å². The van der Waals surface area contributed by atoms with Crippen molar-refractivity contribution in [2.24, 2.45) is 5.92 Å². The van der Waals surface area contributed by atoms with Crippen molar-refractivity contribution in [3.8, 4) is 0 Å². The lowest BCUT2D eigenvalue weighted by atomic mass is 9.90. The Kier molecular flexibility index (Phi) is 7.19. The maximum absolute atomic E-state index is 12.1. The van der Waals surface area contributed by atoms with Crippen molar-refractivity contribution in [2.75, 3.05) is 26.2 Å². The van der Waals surface area contributed by atoms with Crippen molar-refractivity contribution in [3.05, 3.63) is 53.4 Å². The van der Waals surface area contributed by atoms with Crippen molar-refractivity contribution in [3.63, 3.8) is 0 Å². The first kappa shape index (κ1) is 20.1. The molecule has 1 aliphatic heterocycles. The van der Waals surface area contributed by atoms with Crippen LogP contribution in [0.4, 0.5) is 0 Å². The average Bonchev–Trinajstić information content (AvgIpc) is 3.16. The summed E-state index contributed by atoms with van der Waals surface area (Å²) in [6.07, 6.45) is 3.47. The molecule has 0 aliphatic carbocycles. The van der Waals surface area contributed by atoms with Gasteiger partial charge in [-0.15, -0.1) is 0 Å². The average molecular weight is 384 g/mol. The van der Waals surface area contributed by atoms with Gasteiger partial charge < -0.3 is 15.2 Å². The van der Waals surface area contributed by atoms with E-state index >= 15 is 0 Å². The molecular weight excluding hydrogens is 356 g/mol. The maximum atomic E-state index is 12.1. The van der Waals surface area contributed by atoms with E-state index in [2.05, 4.69) is 51.0 Å². The largest absolute Gasteiger partial charge is 0.359 e. The highest BCUT2D eigenvalue weighted by Crippen LogP contribution is 2.23. The number of amides is 2. The third kappa shape index (κ3) is 6.20. The lowest BCUT2D eigenvalue weighted by Crippen LogP contribution is -2.34. The summed E-state index contributed by atoms with van der Waals surface area (Å²) in [5.74, 6) is 1.01. The minimum absolute atomic E-state index is 0.120. The number of nitrogens with one attached hydrogen (secondary N) is 2. The normalized spacial score (nSPS) is 15.3. The molecule has 150 valence electrons. The van der Waals surface area contributed by atoms with E-state index in [-0.39, 0.29) is 17.5 Å². The summed E-state index contributed by atoms with van der Waals surface area (Å²) in [7, 11) is 0. The molecule has 2 amide bonds. The molecule has 1 fully saturated rings. The molecule has 0 bridgehead atoms. The fourth-order valence-electron chi connectivity index (χ4n) is 3.52. The van der Waals surface area contributed by atoms with Crippen LogP contribution in [0.15, 0.2) is 40.9 Å².